The first-order chi connectivity index (χ1) is 9.65. The van der Waals surface area contributed by atoms with Crippen LogP contribution < -0.4 is 11.1 Å². The van der Waals surface area contributed by atoms with Crippen molar-refractivity contribution in [3.05, 3.63) is 35.6 Å². The van der Waals surface area contributed by atoms with Gasteiger partial charge < -0.3 is 11.1 Å². The number of benzene rings is 1. The van der Waals surface area contributed by atoms with Crippen molar-refractivity contribution in [1.29, 1.82) is 0 Å². The molecule has 2 atom stereocenters. The molecule has 0 bridgehead atoms. The fraction of sp³-hybridized carbons (Fsp3) is 0.533. The summed E-state index contributed by atoms with van der Waals surface area (Å²) in [5.74, 6) is -0.140. The number of hydrogen-bond donors (Lipinski definition) is 2. The number of nitrogens with two attached hydrogens (primary N) is 1. The molecule has 1 aliphatic heterocycles. The first kappa shape index (κ1) is 14.9. The molecular formula is C15H22FN3O. The van der Waals surface area contributed by atoms with Gasteiger partial charge in [0.1, 0.15) is 5.82 Å². The standard InChI is InChI=1S/C15H22FN3O/c1-18-15(20)12-3-2-8-19(10-12)14(9-17)11-4-6-13(16)7-5-11/h4-7,12,14H,2-3,8-10,17H2,1H3,(H,18,20). The molecule has 20 heavy (non-hydrogen) atoms. The Morgan fingerprint density at radius 2 is 2.20 bits per heavy atom. The zero-order chi connectivity index (χ0) is 14.5. The third-order valence-corrected chi connectivity index (χ3v) is 3.99. The summed E-state index contributed by atoms with van der Waals surface area (Å²) in [4.78, 5) is 14.0. The molecule has 1 heterocycles. The highest BCUT2D eigenvalue weighted by Crippen LogP contribution is 2.26. The number of likely N-dealkylation sites (tertiary alicyclic amines) is 1. The lowest BCUT2D eigenvalue weighted by molar-refractivity contribution is -0.126. The molecule has 2 rings (SSSR count). The second-order valence-electron chi connectivity index (χ2n) is 5.25. The summed E-state index contributed by atoms with van der Waals surface area (Å²) in [6, 6.07) is 6.51. The van der Waals surface area contributed by atoms with Crippen LogP contribution in [0.1, 0.15) is 24.4 Å². The van der Waals surface area contributed by atoms with Gasteiger partial charge >= 0.3 is 0 Å². The second kappa shape index (κ2) is 6.81. The maximum absolute atomic E-state index is 13.0. The number of rotatable bonds is 4. The summed E-state index contributed by atoms with van der Waals surface area (Å²) >= 11 is 0. The number of halogens is 1. The molecule has 0 spiro atoms. The van der Waals surface area contributed by atoms with Gasteiger partial charge in [-0.05, 0) is 37.1 Å². The van der Waals surface area contributed by atoms with Gasteiger partial charge in [0.2, 0.25) is 5.91 Å². The molecule has 1 amide bonds. The maximum Gasteiger partial charge on any atom is 0.224 e. The first-order valence-electron chi connectivity index (χ1n) is 7.07. The molecule has 0 saturated carbocycles. The minimum atomic E-state index is -0.244. The number of hydrogen-bond acceptors (Lipinski definition) is 3. The lowest BCUT2D eigenvalue weighted by atomic mass is 9.94. The van der Waals surface area contributed by atoms with Gasteiger partial charge in [-0.2, -0.15) is 0 Å². The van der Waals surface area contributed by atoms with Crippen molar-refractivity contribution in [3.8, 4) is 0 Å². The van der Waals surface area contributed by atoms with Crippen molar-refractivity contribution in [2.45, 2.75) is 18.9 Å². The summed E-state index contributed by atoms with van der Waals surface area (Å²) in [6.45, 7) is 2.09. The van der Waals surface area contributed by atoms with Crippen LogP contribution in [0.4, 0.5) is 4.39 Å². The van der Waals surface area contributed by atoms with E-state index in [0.717, 1.165) is 24.9 Å². The molecule has 1 aromatic carbocycles. The maximum atomic E-state index is 13.0. The van der Waals surface area contributed by atoms with Crippen LogP contribution in [-0.4, -0.2) is 37.5 Å². The Balaban J connectivity index is 2.10. The van der Waals surface area contributed by atoms with E-state index >= 15 is 0 Å². The SMILES string of the molecule is CNC(=O)C1CCCN(C(CN)c2ccc(F)cc2)C1. The minimum Gasteiger partial charge on any atom is -0.359 e. The number of carbonyl (C=O) groups is 1. The van der Waals surface area contributed by atoms with E-state index in [-0.39, 0.29) is 23.7 Å². The Hall–Kier alpha value is -1.46. The first-order valence-corrected chi connectivity index (χ1v) is 7.07. The Labute approximate surface area is 119 Å². The van der Waals surface area contributed by atoms with Gasteiger partial charge in [-0.15, -0.1) is 0 Å². The predicted molar refractivity (Wildman–Crippen MR) is 76.6 cm³/mol. The van der Waals surface area contributed by atoms with Gasteiger partial charge in [-0.25, -0.2) is 4.39 Å². The molecule has 0 radical (unpaired) electrons. The summed E-state index contributed by atoms with van der Waals surface area (Å²) in [5.41, 5.74) is 6.90. The van der Waals surface area contributed by atoms with Crippen molar-refractivity contribution in [2.24, 2.45) is 11.7 Å². The number of nitrogens with zero attached hydrogens (tertiary/aromatic N) is 1. The van der Waals surface area contributed by atoms with Gasteiger partial charge in [0, 0.05) is 26.2 Å². The third-order valence-electron chi connectivity index (χ3n) is 3.99. The van der Waals surface area contributed by atoms with Gasteiger partial charge in [-0.1, -0.05) is 12.1 Å². The highest BCUT2D eigenvalue weighted by molar-refractivity contribution is 5.78. The molecule has 5 heteroatoms. The highest BCUT2D eigenvalue weighted by atomic mass is 19.1. The van der Waals surface area contributed by atoms with Crippen LogP contribution in [0.5, 0.6) is 0 Å². The molecular weight excluding hydrogens is 257 g/mol. The monoisotopic (exact) mass is 279 g/mol. The predicted octanol–water partition coefficient (Wildman–Crippen LogP) is 1.28. The van der Waals surface area contributed by atoms with Crippen molar-refractivity contribution >= 4 is 5.91 Å². The topological polar surface area (TPSA) is 58.4 Å². The zero-order valence-electron chi connectivity index (χ0n) is 11.8. The summed E-state index contributed by atoms with van der Waals surface area (Å²) < 4.78 is 13.0. The van der Waals surface area contributed by atoms with E-state index in [1.807, 2.05) is 0 Å². The fourth-order valence-electron chi connectivity index (χ4n) is 2.89. The van der Waals surface area contributed by atoms with Gasteiger partial charge in [0.15, 0.2) is 0 Å². The molecule has 110 valence electrons. The van der Waals surface area contributed by atoms with Gasteiger partial charge in [-0.3, -0.25) is 9.69 Å². The van der Waals surface area contributed by atoms with E-state index in [4.69, 9.17) is 5.73 Å². The van der Waals surface area contributed by atoms with Crippen LogP contribution in [-0.2, 0) is 4.79 Å². The smallest absolute Gasteiger partial charge is 0.224 e. The van der Waals surface area contributed by atoms with E-state index in [1.165, 1.54) is 12.1 Å². The lowest BCUT2D eigenvalue weighted by Gasteiger charge is -2.37. The van der Waals surface area contributed by atoms with Crippen LogP contribution in [0.15, 0.2) is 24.3 Å². The van der Waals surface area contributed by atoms with Gasteiger partial charge in [0.25, 0.3) is 0 Å². The molecule has 1 aromatic rings. The largest absolute Gasteiger partial charge is 0.359 e. The third kappa shape index (κ3) is 3.35. The Morgan fingerprint density at radius 1 is 1.50 bits per heavy atom. The molecule has 0 aromatic heterocycles. The normalized spacial score (nSPS) is 21.4. The molecule has 3 N–H and O–H groups in total. The second-order valence-corrected chi connectivity index (χ2v) is 5.25. The fourth-order valence-corrected chi connectivity index (χ4v) is 2.89. The van der Waals surface area contributed by atoms with Crippen molar-refractivity contribution in [1.82, 2.24) is 10.2 Å². The summed E-state index contributed by atoms with van der Waals surface area (Å²) in [7, 11) is 1.67. The number of amides is 1. The molecule has 1 fully saturated rings. The minimum absolute atomic E-state index is 0.0169. The van der Waals surface area contributed by atoms with E-state index in [1.54, 1.807) is 19.2 Å². The van der Waals surface area contributed by atoms with E-state index < -0.39 is 0 Å². The van der Waals surface area contributed by atoms with Crippen LogP contribution in [0.3, 0.4) is 0 Å². The van der Waals surface area contributed by atoms with Gasteiger partial charge in [0.05, 0.1) is 5.92 Å². The van der Waals surface area contributed by atoms with Crippen LogP contribution in [0, 0.1) is 11.7 Å². The molecule has 0 aliphatic carbocycles. The Morgan fingerprint density at radius 3 is 2.80 bits per heavy atom. The number of carbonyl (C=O) groups excluding carboxylic acids is 1. The highest BCUT2D eigenvalue weighted by Gasteiger charge is 2.29. The van der Waals surface area contributed by atoms with E-state index in [0.29, 0.717) is 13.1 Å². The number of piperidine rings is 1. The zero-order valence-corrected chi connectivity index (χ0v) is 11.8. The van der Waals surface area contributed by atoms with Crippen LogP contribution in [0.25, 0.3) is 0 Å². The Kier molecular flexibility index (Phi) is 5.09. The molecule has 2 unspecified atom stereocenters. The van der Waals surface area contributed by atoms with Crippen LogP contribution >= 0.6 is 0 Å². The average Bonchev–Trinajstić information content (AvgIpc) is 2.49. The van der Waals surface area contributed by atoms with Crippen molar-refractivity contribution in [2.75, 3.05) is 26.7 Å². The van der Waals surface area contributed by atoms with Crippen LogP contribution in [0.2, 0.25) is 0 Å². The Bertz CT molecular complexity index is 449. The summed E-state index contributed by atoms with van der Waals surface area (Å²) in [5, 5.41) is 2.71. The molecule has 1 saturated heterocycles. The van der Waals surface area contributed by atoms with Crippen molar-refractivity contribution < 1.29 is 9.18 Å². The summed E-state index contributed by atoms with van der Waals surface area (Å²) in [6.07, 6.45) is 1.90. The number of nitrogens with one attached hydrogen (secondary N) is 1. The van der Waals surface area contributed by atoms with E-state index in [9.17, 15) is 9.18 Å². The lowest BCUT2D eigenvalue weighted by Crippen LogP contribution is -2.45. The van der Waals surface area contributed by atoms with Crippen molar-refractivity contribution in [3.63, 3.8) is 0 Å². The quantitative estimate of drug-likeness (QED) is 0.873. The molecule has 1 aliphatic rings. The average molecular weight is 279 g/mol. The van der Waals surface area contributed by atoms with E-state index in [2.05, 4.69) is 10.2 Å². The molecule has 4 nitrogen and oxygen atoms in total.